The first kappa shape index (κ1) is 24.7. The van der Waals surface area contributed by atoms with Gasteiger partial charge in [0.2, 0.25) is 5.91 Å². The summed E-state index contributed by atoms with van der Waals surface area (Å²) in [7, 11) is 0. The number of nitrogens with zero attached hydrogens (tertiary/aromatic N) is 7. The van der Waals surface area contributed by atoms with Crippen LogP contribution in [0.5, 0.6) is 0 Å². The first-order valence-electron chi connectivity index (χ1n) is 12.8. The predicted molar refractivity (Wildman–Crippen MR) is 146 cm³/mol. The Hall–Kier alpha value is -3.66. The molecule has 2 atom stereocenters. The average molecular weight is 530 g/mol. The monoisotopic (exact) mass is 529 g/mol. The van der Waals surface area contributed by atoms with E-state index in [-0.39, 0.29) is 18.0 Å². The summed E-state index contributed by atoms with van der Waals surface area (Å²) in [5.41, 5.74) is 4.89. The van der Waals surface area contributed by atoms with Gasteiger partial charge in [-0.25, -0.2) is 0 Å². The van der Waals surface area contributed by atoms with Gasteiger partial charge in [0.1, 0.15) is 6.33 Å². The van der Waals surface area contributed by atoms with Crippen molar-refractivity contribution >= 4 is 34.9 Å². The zero-order chi connectivity index (χ0) is 25.9. The minimum atomic E-state index is -0.0594. The van der Waals surface area contributed by atoms with Crippen LogP contribution in [0.4, 0.5) is 0 Å². The Morgan fingerprint density at radius 1 is 1.11 bits per heavy atom. The number of ether oxygens (including phenoxy) is 1. The molecule has 4 heterocycles. The molecule has 0 spiro atoms. The summed E-state index contributed by atoms with van der Waals surface area (Å²) < 4.78 is 7.12. The van der Waals surface area contributed by atoms with Crippen molar-refractivity contribution in [2.24, 2.45) is 4.99 Å². The lowest BCUT2D eigenvalue weighted by atomic mass is 9.98. The lowest BCUT2D eigenvalue weighted by molar-refractivity contribution is -0.126. The number of amides is 1. The van der Waals surface area contributed by atoms with E-state index in [2.05, 4.69) is 32.6 Å². The molecular weight excluding hydrogens is 502 g/mol. The zero-order valence-corrected chi connectivity index (χ0v) is 21.6. The molecule has 3 aliphatic rings. The number of morpholine rings is 1. The molecule has 2 aromatic carbocycles. The first-order valence-corrected chi connectivity index (χ1v) is 13.2. The molecule has 10 heteroatoms. The second-order valence-corrected chi connectivity index (χ2v) is 10.1. The molecule has 0 N–H and O–H groups in total. The van der Waals surface area contributed by atoms with Crippen LogP contribution < -0.4 is 0 Å². The van der Waals surface area contributed by atoms with E-state index in [1.165, 1.54) is 17.5 Å². The maximum absolute atomic E-state index is 13.7. The number of aliphatic imine (C=N–C) groups is 1. The fourth-order valence-electron chi connectivity index (χ4n) is 5.46. The third kappa shape index (κ3) is 5.18. The van der Waals surface area contributed by atoms with Crippen molar-refractivity contribution in [3.63, 3.8) is 0 Å². The summed E-state index contributed by atoms with van der Waals surface area (Å²) in [6.45, 7) is 3.87. The van der Waals surface area contributed by atoms with Crippen LogP contribution in [0.2, 0.25) is 5.02 Å². The first-order chi connectivity index (χ1) is 18.7. The average Bonchev–Trinajstić information content (AvgIpc) is 3.74. The van der Waals surface area contributed by atoms with E-state index in [1.54, 1.807) is 29.0 Å². The molecule has 38 heavy (non-hydrogen) atoms. The molecule has 0 aliphatic carbocycles. The van der Waals surface area contributed by atoms with Crippen molar-refractivity contribution in [3.8, 4) is 5.69 Å². The summed E-state index contributed by atoms with van der Waals surface area (Å²) in [6, 6.07) is 15.9. The molecule has 194 valence electrons. The maximum Gasteiger partial charge on any atom is 0.247 e. The SMILES string of the molecule is O=C(/C=C/c1cc(Cl)ccc1-n1cnnn1)N1C[C@@H](N2CCOCC2)C[C@H]1C1=NC=C(c2ccccc2)C1. The van der Waals surface area contributed by atoms with E-state index < -0.39 is 0 Å². The molecule has 0 radical (unpaired) electrons. The fourth-order valence-corrected chi connectivity index (χ4v) is 5.64. The van der Waals surface area contributed by atoms with Crippen molar-refractivity contribution in [2.75, 3.05) is 32.8 Å². The van der Waals surface area contributed by atoms with Gasteiger partial charge in [-0.15, -0.1) is 5.10 Å². The number of halogens is 1. The lowest BCUT2D eigenvalue weighted by Gasteiger charge is -2.31. The summed E-state index contributed by atoms with van der Waals surface area (Å²) in [5.74, 6) is -0.0516. The standard InChI is InChI=1S/C28H28ClN7O2/c29-23-7-8-26(36-19-31-32-33-36)21(14-23)6-9-28(37)35-18-24(34-10-12-38-13-11-34)16-27(35)25-15-22(17-30-25)20-4-2-1-3-5-20/h1-9,14,17,19,24,27H,10-13,15-16,18H2/b9-6+/t24-,27-/m0/s1. The second-order valence-electron chi connectivity index (χ2n) is 9.65. The normalized spacial score (nSPS) is 22.2. The maximum atomic E-state index is 13.7. The van der Waals surface area contributed by atoms with Crippen LogP contribution in [0.25, 0.3) is 17.3 Å². The molecule has 1 aromatic heterocycles. The molecule has 0 saturated carbocycles. The Morgan fingerprint density at radius 2 is 1.95 bits per heavy atom. The highest BCUT2D eigenvalue weighted by atomic mass is 35.5. The van der Waals surface area contributed by atoms with Crippen molar-refractivity contribution < 1.29 is 9.53 Å². The second kappa shape index (κ2) is 11.0. The number of carbonyl (C=O) groups is 1. The van der Waals surface area contributed by atoms with Crippen molar-refractivity contribution in [3.05, 3.63) is 83.3 Å². The summed E-state index contributed by atoms with van der Waals surface area (Å²) in [6.07, 6.45) is 8.48. The largest absolute Gasteiger partial charge is 0.379 e. The van der Waals surface area contributed by atoms with Gasteiger partial charge >= 0.3 is 0 Å². The number of hydrogen-bond acceptors (Lipinski definition) is 7. The van der Waals surface area contributed by atoms with E-state index in [1.807, 2.05) is 35.4 Å². The fraction of sp³-hybridized carbons (Fsp3) is 0.321. The number of rotatable bonds is 6. The van der Waals surface area contributed by atoms with Crippen LogP contribution in [0.3, 0.4) is 0 Å². The van der Waals surface area contributed by atoms with E-state index in [0.29, 0.717) is 11.6 Å². The molecule has 9 nitrogen and oxygen atoms in total. The number of aromatic nitrogens is 4. The molecule has 3 aliphatic heterocycles. The number of hydrogen-bond donors (Lipinski definition) is 0. The zero-order valence-electron chi connectivity index (χ0n) is 20.9. The smallest absolute Gasteiger partial charge is 0.247 e. The van der Waals surface area contributed by atoms with Crippen molar-refractivity contribution in [1.29, 1.82) is 0 Å². The Kier molecular flexibility index (Phi) is 7.13. The van der Waals surface area contributed by atoms with Gasteiger partial charge in [-0.2, -0.15) is 4.68 Å². The van der Waals surface area contributed by atoms with E-state index >= 15 is 0 Å². The Balaban J connectivity index is 1.24. The van der Waals surface area contributed by atoms with E-state index in [4.69, 9.17) is 21.3 Å². The van der Waals surface area contributed by atoms with Crippen LogP contribution >= 0.6 is 11.6 Å². The van der Waals surface area contributed by atoms with Crippen molar-refractivity contribution in [1.82, 2.24) is 30.0 Å². The van der Waals surface area contributed by atoms with Gasteiger partial charge in [-0.05, 0) is 52.3 Å². The Labute approximate surface area is 226 Å². The minimum Gasteiger partial charge on any atom is -0.379 e. The number of benzene rings is 2. The third-order valence-corrected chi connectivity index (χ3v) is 7.64. The molecule has 2 saturated heterocycles. The Morgan fingerprint density at radius 3 is 2.74 bits per heavy atom. The van der Waals surface area contributed by atoms with Gasteiger partial charge in [-0.1, -0.05) is 41.9 Å². The van der Waals surface area contributed by atoms with Crippen LogP contribution in [-0.2, 0) is 9.53 Å². The van der Waals surface area contributed by atoms with Crippen LogP contribution in [-0.4, -0.2) is 86.6 Å². The minimum absolute atomic E-state index is 0.0516. The predicted octanol–water partition coefficient (Wildman–Crippen LogP) is 3.52. The summed E-state index contributed by atoms with van der Waals surface area (Å²) in [5, 5.41) is 12.0. The van der Waals surface area contributed by atoms with Crippen LogP contribution in [0.15, 0.2) is 72.1 Å². The Bertz CT molecular complexity index is 1380. The number of tetrazole rings is 1. The molecule has 0 unspecified atom stereocenters. The van der Waals surface area contributed by atoms with Crippen LogP contribution in [0.1, 0.15) is 24.0 Å². The molecule has 1 amide bonds. The highest BCUT2D eigenvalue weighted by Gasteiger charge is 2.40. The number of likely N-dealkylation sites (tertiary alicyclic amines) is 1. The number of allylic oxidation sites excluding steroid dienone is 1. The van der Waals surface area contributed by atoms with Gasteiger partial charge in [0.15, 0.2) is 0 Å². The lowest BCUT2D eigenvalue weighted by Crippen LogP contribution is -2.45. The van der Waals surface area contributed by atoms with Gasteiger partial charge in [0, 0.05) is 60.7 Å². The van der Waals surface area contributed by atoms with Gasteiger partial charge in [0.05, 0.1) is 24.9 Å². The highest BCUT2D eigenvalue weighted by molar-refractivity contribution is 6.30. The topological polar surface area (TPSA) is 88.7 Å². The van der Waals surface area contributed by atoms with Gasteiger partial charge in [-0.3, -0.25) is 14.7 Å². The van der Waals surface area contributed by atoms with Crippen molar-refractivity contribution in [2.45, 2.75) is 24.9 Å². The quantitative estimate of drug-likeness (QED) is 0.454. The number of carbonyl (C=O) groups excluding carboxylic acids is 1. The molecular formula is C28H28ClN7O2. The molecule has 0 bridgehead atoms. The summed E-state index contributed by atoms with van der Waals surface area (Å²) >= 11 is 6.27. The summed E-state index contributed by atoms with van der Waals surface area (Å²) in [4.78, 5) is 22.9. The van der Waals surface area contributed by atoms with E-state index in [9.17, 15) is 4.79 Å². The third-order valence-electron chi connectivity index (χ3n) is 7.40. The van der Waals surface area contributed by atoms with Gasteiger partial charge in [0.25, 0.3) is 0 Å². The van der Waals surface area contributed by atoms with E-state index in [0.717, 1.165) is 56.1 Å². The molecule has 6 rings (SSSR count). The molecule has 3 aromatic rings. The van der Waals surface area contributed by atoms with Gasteiger partial charge < -0.3 is 9.64 Å². The highest BCUT2D eigenvalue weighted by Crippen LogP contribution is 2.32. The molecule has 2 fully saturated rings. The van der Waals surface area contributed by atoms with Crippen LogP contribution in [0, 0.1) is 0 Å².